The fourth-order valence-electron chi connectivity index (χ4n) is 4.08. The number of rotatable bonds is 4. The van der Waals surface area contributed by atoms with Crippen LogP contribution < -0.4 is 5.32 Å². The van der Waals surface area contributed by atoms with Gasteiger partial charge < -0.3 is 10.2 Å². The Morgan fingerprint density at radius 2 is 1.93 bits per heavy atom. The molecule has 2 amide bonds. The quantitative estimate of drug-likeness (QED) is 0.793. The van der Waals surface area contributed by atoms with Crippen molar-refractivity contribution in [1.82, 2.24) is 20.0 Å². The number of nitrogens with zero attached hydrogens (tertiary/aromatic N) is 3. The second kappa shape index (κ2) is 8.36. The molecule has 9 heteroatoms. The molecule has 1 aromatic rings. The smallest absolute Gasteiger partial charge is 0.347 e. The van der Waals surface area contributed by atoms with Crippen LogP contribution in [0.25, 0.3) is 0 Å². The molecule has 28 heavy (non-hydrogen) atoms. The van der Waals surface area contributed by atoms with Crippen molar-refractivity contribution >= 4 is 11.8 Å². The zero-order valence-corrected chi connectivity index (χ0v) is 15.6. The van der Waals surface area contributed by atoms with Crippen molar-refractivity contribution in [1.29, 1.82) is 0 Å². The fraction of sp³-hybridized carbons (Fsp3) is 0.632. The number of hydrogen-bond acceptors (Lipinski definition) is 3. The van der Waals surface area contributed by atoms with Gasteiger partial charge in [0.2, 0.25) is 5.91 Å². The molecule has 1 aromatic heterocycles. The van der Waals surface area contributed by atoms with Gasteiger partial charge in [0.1, 0.15) is 5.69 Å². The van der Waals surface area contributed by atoms with E-state index < -0.39 is 30.0 Å². The normalized spacial score (nSPS) is 24.0. The van der Waals surface area contributed by atoms with Crippen LogP contribution in [-0.2, 0) is 4.79 Å². The molecule has 2 heterocycles. The van der Waals surface area contributed by atoms with Crippen LogP contribution in [0.15, 0.2) is 24.9 Å². The molecule has 0 aromatic carbocycles. The molecule has 2 fully saturated rings. The average Bonchev–Trinajstić information content (AvgIpc) is 3.17. The second-order valence-corrected chi connectivity index (χ2v) is 7.48. The number of carbonyl (C=O) groups excluding carboxylic acids is 2. The standard InChI is InChI=1S/C19H25F3N4O2/c1-2-17(27)23-16-12-25(10-8-14(16)19(20,21)22)18(28)15-9-11-26(24-15)13-6-4-3-5-7-13/h2,9,11,13-14,16H,1,3-8,10,12H2,(H,23,27). The molecule has 1 saturated heterocycles. The summed E-state index contributed by atoms with van der Waals surface area (Å²) in [6.45, 7) is 3.04. The Bertz CT molecular complexity index is 725. The van der Waals surface area contributed by atoms with E-state index in [1.165, 1.54) is 11.3 Å². The van der Waals surface area contributed by atoms with Gasteiger partial charge in [-0.25, -0.2) is 0 Å². The number of halogens is 3. The monoisotopic (exact) mass is 398 g/mol. The molecule has 1 aliphatic heterocycles. The topological polar surface area (TPSA) is 67.2 Å². The number of hydrogen-bond donors (Lipinski definition) is 1. The van der Waals surface area contributed by atoms with Gasteiger partial charge in [-0.15, -0.1) is 0 Å². The Labute approximate surface area is 161 Å². The van der Waals surface area contributed by atoms with E-state index in [1.807, 2.05) is 0 Å². The summed E-state index contributed by atoms with van der Waals surface area (Å²) in [4.78, 5) is 25.7. The summed E-state index contributed by atoms with van der Waals surface area (Å²) in [5.41, 5.74) is 0.227. The third-order valence-electron chi connectivity index (χ3n) is 5.61. The van der Waals surface area contributed by atoms with Gasteiger partial charge in [-0.05, 0) is 31.4 Å². The molecule has 1 saturated carbocycles. The van der Waals surface area contributed by atoms with Crippen molar-refractivity contribution in [3.8, 4) is 0 Å². The molecule has 2 atom stereocenters. The summed E-state index contributed by atoms with van der Waals surface area (Å²) in [5.74, 6) is -2.79. The highest BCUT2D eigenvalue weighted by atomic mass is 19.4. The van der Waals surface area contributed by atoms with Crippen molar-refractivity contribution in [2.75, 3.05) is 13.1 Å². The number of alkyl halides is 3. The molecular formula is C19H25F3N4O2. The van der Waals surface area contributed by atoms with Gasteiger partial charge in [0, 0.05) is 19.3 Å². The van der Waals surface area contributed by atoms with Crippen LogP contribution in [0.2, 0.25) is 0 Å². The molecule has 0 radical (unpaired) electrons. The first kappa shape index (κ1) is 20.4. The molecule has 154 valence electrons. The lowest BCUT2D eigenvalue weighted by Gasteiger charge is -2.39. The number of piperidine rings is 1. The lowest BCUT2D eigenvalue weighted by Crippen LogP contribution is -2.57. The van der Waals surface area contributed by atoms with Crippen LogP contribution >= 0.6 is 0 Å². The number of amides is 2. The Balaban J connectivity index is 1.70. The SMILES string of the molecule is C=CC(=O)NC1CN(C(=O)c2ccn(C3CCCCC3)n2)CCC1C(F)(F)F. The lowest BCUT2D eigenvalue weighted by atomic mass is 9.90. The Kier molecular flexibility index (Phi) is 6.10. The first-order valence-corrected chi connectivity index (χ1v) is 9.63. The molecule has 0 spiro atoms. The molecule has 2 aliphatic rings. The maximum Gasteiger partial charge on any atom is 0.393 e. The summed E-state index contributed by atoms with van der Waals surface area (Å²) in [5, 5.41) is 6.70. The number of nitrogens with one attached hydrogen (secondary N) is 1. The Morgan fingerprint density at radius 1 is 1.21 bits per heavy atom. The Morgan fingerprint density at radius 3 is 2.57 bits per heavy atom. The number of aromatic nitrogens is 2. The minimum atomic E-state index is -4.45. The highest BCUT2D eigenvalue weighted by Gasteiger charge is 2.48. The van der Waals surface area contributed by atoms with Gasteiger partial charge in [0.25, 0.3) is 5.91 Å². The van der Waals surface area contributed by atoms with Crippen molar-refractivity contribution in [2.45, 2.75) is 56.8 Å². The van der Waals surface area contributed by atoms with E-state index in [0.29, 0.717) is 0 Å². The average molecular weight is 398 g/mol. The molecular weight excluding hydrogens is 373 g/mol. The molecule has 1 N–H and O–H groups in total. The minimum absolute atomic E-state index is 0.0280. The van der Waals surface area contributed by atoms with Crippen molar-refractivity contribution < 1.29 is 22.8 Å². The Hall–Kier alpha value is -2.32. The third-order valence-corrected chi connectivity index (χ3v) is 5.61. The van der Waals surface area contributed by atoms with Gasteiger partial charge >= 0.3 is 6.18 Å². The second-order valence-electron chi connectivity index (χ2n) is 7.48. The van der Waals surface area contributed by atoms with E-state index in [-0.39, 0.29) is 31.2 Å². The first-order chi connectivity index (χ1) is 13.3. The van der Waals surface area contributed by atoms with Crippen LogP contribution in [0.5, 0.6) is 0 Å². The van der Waals surface area contributed by atoms with E-state index in [2.05, 4.69) is 17.0 Å². The van der Waals surface area contributed by atoms with E-state index in [1.54, 1.807) is 16.9 Å². The zero-order chi connectivity index (χ0) is 20.3. The van der Waals surface area contributed by atoms with Gasteiger partial charge in [-0.1, -0.05) is 25.8 Å². The number of likely N-dealkylation sites (tertiary alicyclic amines) is 1. The minimum Gasteiger partial charge on any atom is -0.347 e. The van der Waals surface area contributed by atoms with Crippen molar-refractivity contribution in [3.63, 3.8) is 0 Å². The van der Waals surface area contributed by atoms with Crippen LogP contribution in [0, 0.1) is 5.92 Å². The molecule has 3 rings (SSSR count). The summed E-state index contributed by atoms with van der Waals surface area (Å²) in [6.07, 6.45) is 3.48. The largest absolute Gasteiger partial charge is 0.393 e. The van der Waals surface area contributed by atoms with E-state index in [0.717, 1.165) is 31.8 Å². The molecule has 0 bridgehead atoms. The van der Waals surface area contributed by atoms with Crippen molar-refractivity contribution in [3.05, 3.63) is 30.6 Å². The summed E-state index contributed by atoms with van der Waals surface area (Å²) >= 11 is 0. The van der Waals surface area contributed by atoms with Crippen LogP contribution in [0.1, 0.15) is 55.1 Å². The predicted molar refractivity (Wildman–Crippen MR) is 96.5 cm³/mol. The molecule has 1 aliphatic carbocycles. The first-order valence-electron chi connectivity index (χ1n) is 9.63. The molecule has 2 unspecified atom stereocenters. The van der Waals surface area contributed by atoms with E-state index in [4.69, 9.17) is 0 Å². The van der Waals surface area contributed by atoms with E-state index >= 15 is 0 Å². The highest BCUT2D eigenvalue weighted by Crippen LogP contribution is 2.35. The van der Waals surface area contributed by atoms with Crippen LogP contribution in [-0.4, -0.2) is 51.8 Å². The summed E-state index contributed by atoms with van der Waals surface area (Å²) < 4.78 is 41.7. The maximum atomic E-state index is 13.3. The number of carbonyl (C=O) groups is 2. The van der Waals surface area contributed by atoms with Gasteiger partial charge in [-0.2, -0.15) is 18.3 Å². The van der Waals surface area contributed by atoms with Gasteiger partial charge in [-0.3, -0.25) is 14.3 Å². The highest BCUT2D eigenvalue weighted by molar-refractivity contribution is 5.92. The van der Waals surface area contributed by atoms with Crippen LogP contribution in [0.3, 0.4) is 0 Å². The zero-order valence-electron chi connectivity index (χ0n) is 15.6. The van der Waals surface area contributed by atoms with Crippen LogP contribution in [0.4, 0.5) is 13.2 Å². The van der Waals surface area contributed by atoms with E-state index in [9.17, 15) is 22.8 Å². The van der Waals surface area contributed by atoms with Gasteiger partial charge in [0.15, 0.2) is 0 Å². The van der Waals surface area contributed by atoms with Gasteiger partial charge in [0.05, 0.1) is 18.0 Å². The predicted octanol–water partition coefficient (Wildman–Crippen LogP) is 3.08. The third kappa shape index (κ3) is 4.56. The van der Waals surface area contributed by atoms with Crippen molar-refractivity contribution in [2.24, 2.45) is 5.92 Å². The molecule has 6 nitrogen and oxygen atoms in total. The lowest BCUT2D eigenvalue weighted by molar-refractivity contribution is -0.191. The maximum absolute atomic E-state index is 13.3. The summed E-state index contributed by atoms with van der Waals surface area (Å²) in [6, 6.07) is 0.680. The summed E-state index contributed by atoms with van der Waals surface area (Å²) in [7, 11) is 0. The fourth-order valence-corrected chi connectivity index (χ4v) is 4.08.